The molecule has 0 aliphatic carbocycles. The zero-order valence-electron chi connectivity index (χ0n) is 8.47. The van der Waals surface area contributed by atoms with Gasteiger partial charge in [-0.3, -0.25) is 0 Å². The van der Waals surface area contributed by atoms with Gasteiger partial charge in [0, 0.05) is 20.2 Å². The van der Waals surface area contributed by atoms with Crippen LogP contribution in [0.1, 0.15) is 20.3 Å². The third-order valence-corrected chi connectivity index (χ3v) is 1.85. The van der Waals surface area contributed by atoms with Crippen molar-refractivity contribution in [3.8, 4) is 0 Å². The van der Waals surface area contributed by atoms with Gasteiger partial charge in [-0.25, -0.2) is 0 Å². The van der Waals surface area contributed by atoms with Crippen molar-refractivity contribution in [3.05, 3.63) is 12.2 Å². The van der Waals surface area contributed by atoms with Crippen LogP contribution in [0.3, 0.4) is 0 Å². The first-order valence-electron chi connectivity index (χ1n) is 4.67. The average molecular weight is 171 g/mol. The van der Waals surface area contributed by atoms with E-state index in [9.17, 15) is 0 Å². The summed E-state index contributed by atoms with van der Waals surface area (Å²) in [5, 5.41) is 3.25. The van der Waals surface area contributed by atoms with Gasteiger partial charge in [-0.1, -0.05) is 32.4 Å². The summed E-state index contributed by atoms with van der Waals surface area (Å²) in [7, 11) is 1.72. The number of allylic oxidation sites excluding steroid dienone is 1. The van der Waals surface area contributed by atoms with Gasteiger partial charge in [0.2, 0.25) is 0 Å². The van der Waals surface area contributed by atoms with Gasteiger partial charge in [0.05, 0.1) is 6.61 Å². The second kappa shape index (κ2) is 8.75. The Morgan fingerprint density at radius 2 is 2.25 bits per heavy atom. The van der Waals surface area contributed by atoms with E-state index in [1.807, 2.05) is 0 Å². The Labute approximate surface area is 76.0 Å². The van der Waals surface area contributed by atoms with Crippen LogP contribution in [0, 0.1) is 5.92 Å². The highest BCUT2D eigenvalue weighted by molar-refractivity contribution is 4.87. The zero-order valence-corrected chi connectivity index (χ0v) is 8.47. The van der Waals surface area contributed by atoms with E-state index in [-0.39, 0.29) is 0 Å². The Balaban J connectivity index is 3.12. The van der Waals surface area contributed by atoms with Crippen molar-refractivity contribution in [2.75, 3.05) is 26.8 Å². The van der Waals surface area contributed by atoms with E-state index in [1.54, 1.807) is 7.11 Å². The Morgan fingerprint density at radius 3 is 2.83 bits per heavy atom. The Hall–Kier alpha value is -0.340. The topological polar surface area (TPSA) is 21.3 Å². The summed E-state index contributed by atoms with van der Waals surface area (Å²) in [6.45, 7) is 7.10. The molecule has 2 heteroatoms. The number of ether oxygens (including phenoxy) is 1. The van der Waals surface area contributed by atoms with Crippen molar-refractivity contribution in [2.24, 2.45) is 5.92 Å². The van der Waals surface area contributed by atoms with Crippen LogP contribution < -0.4 is 5.32 Å². The SMILES string of the molecule is CCC(C)C=CCNCCOC. The Bertz CT molecular complexity index is 112. The minimum absolute atomic E-state index is 0.703. The number of methoxy groups -OCH3 is 1. The molecule has 0 rings (SSSR count). The van der Waals surface area contributed by atoms with Crippen LogP contribution in [0.5, 0.6) is 0 Å². The van der Waals surface area contributed by atoms with Gasteiger partial charge in [0.25, 0.3) is 0 Å². The summed E-state index contributed by atoms with van der Waals surface area (Å²) in [5.74, 6) is 0.703. The molecule has 1 N–H and O–H groups in total. The molecule has 0 saturated heterocycles. The lowest BCUT2D eigenvalue weighted by Crippen LogP contribution is -2.18. The van der Waals surface area contributed by atoms with Crippen molar-refractivity contribution in [3.63, 3.8) is 0 Å². The van der Waals surface area contributed by atoms with E-state index in [0.29, 0.717) is 5.92 Å². The molecule has 0 radical (unpaired) electrons. The molecular formula is C10H21NO. The van der Waals surface area contributed by atoms with Crippen LogP contribution in [-0.2, 0) is 4.74 Å². The summed E-state index contributed by atoms with van der Waals surface area (Å²) in [5.41, 5.74) is 0. The van der Waals surface area contributed by atoms with E-state index in [4.69, 9.17) is 4.74 Å². The highest BCUT2D eigenvalue weighted by Gasteiger charge is 1.89. The first-order valence-corrected chi connectivity index (χ1v) is 4.67. The van der Waals surface area contributed by atoms with Crippen LogP contribution in [0.4, 0.5) is 0 Å². The van der Waals surface area contributed by atoms with E-state index in [0.717, 1.165) is 19.7 Å². The van der Waals surface area contributed by atoms with E-state index < -0.39 is 0 Å². The molecule has 0 amide bonds. The molecule has 2 nitrogen and oxygen atoms in total. The molecule has 1 atom stereocenters. The van der Waals surface area contributed by atoms with Crippen LogP contribution in [0.25, 0.3) is 0 Å². The second-order valence-electron chi connectivity index (χ2n) is 3.01. The van der Waals surface area contributed by atoms with Crippen LogP contribution in [0.2, 0.25) is 0 Å². The highest BCUT2D eigenvalue weighted by atomic mass is 16.5. The van der Waals surface area contributed by atoms with Gasteiger partial charge >= 0.3 is 0 Å². The molecule has 0 aliphatic rings. The van der Waals surface area contributed by atoms with Crippen LogP contribution in [0.15, 0.2) is 12.2 Å². The number of hydrogen-bond acceptors (Lipinski definition) is 2. The smallest absolute Gasteiger partial charge is 0.0587 e. The Morgan fingerprint density at radius 1 is 1.50 bits per heavy atom. The van der Waals surface area contributed by atoms with Gasteiger partial charge in [-0.15, -0.1) is 0 Å². The zero-order chi connectivity index (χ0) is 9.23. The molecule has 0 spiro atoms. The van der Waals surface area contributed by atoms with Crippen molar-refractivity contribution >= 4 is 0 Å². The Kier molecular flexibility index (Phi) is 8.51. The fourth-order valence-corrected chi connectivity index (χ4v) is 0.796. The monoisotopic (exact) mass is 171 g/mol. The van der Waals surface area contributed by atoms with Gasteiger partial charge < -0.3 is 10.1 Å². The molecule has 12 heavy (non-hydrogen) atoms. The largest absolute Gasteiger partial charge is 0.383 e. The maximum Gasteiger partial charge on any atom is 0.0587 e. The lowest BCUT2D eigenvalue weighted by atomic mass is 10.1. The third kappa shape index (κ3) is 7.76. The van der Waals surface area contributed by atoms with Gasteiger partial charge in [0.15, 0.2) is 0 Å². The summed E-state index contributed by atoms with van der Waals surface area (Å²) in [4.78, 5) is 0. The summed E-state index contributed by atoms with van der Waals surface area (Å²) < 4.78 is 4.90. The lowest BCUT2D eigenvalue weighted by molar-refractivity contribution is 0.200. The minimum atomic E-state index is 0.703. The second-order valence-corrected chi connectivity index (χ2v) is 3.01. The van der Waals surface area contributed by atoms with Crippen molar-refractivity contribution in [1.29, 1.82) is 0 Å². The van der Waals surface area contributed by atoms with Crippen LogP contribution >= 0.6 is 0 Å². The maximum atomic E-state index is 4.90. The minimum Gasteiger partial charge on any atom is -0.383 e. The molecule has 72 valence electrons. The summed E-state index contributed by atoms with van der Waals surface area (Å²) in [6.07, 6.45) is 5.65. The first-order chi connectivity index (χ1) is 5.81. The summed E-state index contributed by atoms with van der Waals surface area (Å²) >= 11 is 0. The number of rotatable bonds is 7. The fraction of sp³-hybridized carbons (Fsp3) is 0.800. The van der Waals surface area contributed by atoms with Crippen LogP contribution in [-0.4, -0.2) is 26.8 Å². The van der Waals surface area contributed by atoms with E-state index in [2.05, 4.69) is 31.3 Å². The summed E-state index contributed by atoms with van der Waals surface area (Å²) in [6, 6.07) is 0. The molecule has 0 saturated carbocycles. The molecule has 0 bridgehead atoms. The average Bonchev–Trinajstić information content (AvgIpc) is 2.10. The number of nitrogens with one attached hydrogen (secondary N) is 1. The predicted octanol–water partition coefficient (Wildman–Crippen LogP) is 1.82. The van der Waals surface area contributed by atoms with Gasteiger partial charge in [-0.2, -0.15) is 0 Å². The maximum absolute atomic E-state index is 4.90. The third-order valence-electron chi connectivity index (χ3n) is 1.85. The molecule has 0 fully saturated rings. The van der Waals surface area contributed by atoms with Gasteiger partial charge in [0.1, 0.15) is 0 Å². The van der Waals surface area contributed by atoms with Crippen molar-refractivity contribution < 1.29 is 4.74 Å². The normalized spacial score (nSPS) is 13.9. The van der Waals surface area contributed by atoms with E-state index in [1.165, 1.54) is 6.42 Å². The molecule has 0 aromatic carbocycles. The fourth-order valence-electron chi connectivity index (χ4n) is 0.796. The van der Waals surface area contributed by atoms with Crippen molar-refractivity contribution in [2.45, 2.75) is 20.3 Å². The molecule has 0 aliphatic heterocycles. The predicted molar refractivity (Wildman–Crippen MR) is 53.3 cm³/mol. The van der Waals surface area contributed by atoms with E-state index >= 15 is 0 Å². The number of hydrogen-bond donors (Lipinski definition) is 1. The lowest BCUT2D eigenvalue weighted by Gasteiger charge is -2.01. The quantitative estimate of drug-likeness (QED) is 0.466. The standard InChI is InChI=1S/C10H21NO/c1-4-10(2)6-5-7-11-8-9-12-3/h5-6,10-11H,4,7-9H2,1-3H3. The molecule has 0 heterocycles. The molecule has 0 aromatic heterocycles. The molecular weight excluding hydrogens is 150 g/mol. The highest BCUT2D eigenvalue weighted by Crippen LogP contribution is 2.00. The first kappa shape index (κ1) is 11.7. The van der Waals surface area contributed by atoms with Gasteiger partial charge in [-0.05, 0) is 5.92 Å². The molecule has 0 aromatic rings. The van der Waals surface area contributed by atoms with Crippen molar-refractivity contribution in [1.82, 2.24) is 5.32 Å². The molecule has 1 unspecified atom stereocenters.